The lowest BCUT2D eigenvalue weighted by Crippen LogP contribution is -2.41. The first-order valence-electron chi connectivity index (χ1n) is 6.17. The minimum Gasteiger partial charge on any atom is -0.473 e. The fraction of sp³-hybridized carbons (Fsp3) is 0.692. The summed E-state index contributed by atoms with van der Waals surface area (Å²) in [6, 6.07) is 2.02. The van der Waals surface area contributed by atoms with Gasteiger partial charge in [0.2, 0.25) is 0 Å². The van der Waals surface area contributed by atoms with E-state index in [1.165, 1.54) is 5.56 Å². The summed E-state index contributed by atoms with van der Waals surface area (Å²) in [6.45, 7) is 12.4. The van der Waals surface area contributed by atoms with Crippen LogP contribution < -0.4 is 5.66 Å². The van der Waals surface area contributed by atoms with E-state index in [0.717, 1.165) is 5.66 Å². The van der Waals surface area contributed by atoms with Crippen LogP contribution in [0.4, 0.5) is 0 Å². The summed E-state index contributed by atoms with van der Waals surface area (Å²) >= 11 is 0. The van der Waals surface area contributed by atoms with Gasteiger partial charge in [-0.05, 0) is 45.2 Å². The van der Waals surface area contributed by atoms with Gasteiger partial charge in [0.25, 0.3) is 0 Å². The van der Waals surface area contributed by atoms with Gasteiger partial charge in [-0.2, -0.15) is 0 Å². The summed E-state index contributed by atoms with van der Waals surface area (Å²) < 4.78 is 17.4. The molecular formula is C13H21BO3. The van der Waals surface area contributed by atoms with Crippen LogP contribution in [0.25, 0.3) is 0 Å². The van der Waals surface area contributed by atoms with Crippen molar-refractivity contribution >= 4 is 12.8 Å². The van der Waals surface area contributed by atoms with Crippen molar-refractivity contribution in [3.8, 4) is 0 Å². The summed E-state index contributed by atoms with van der Waals surface area (Å²) in [5.74, 6) is 0.454. The lowest BCUT2D eigenvalue weighted by atomic mass is 9.85. The largest absolute Gasteiger partial charge is 0.532 e. The monoisotopic (exact) mass is 236 g/mol. The van der Waals surface area contributed by atoms with E-state index in [1.807, 2.05) is 33.8 Å². The first-order valence-corrected chi connectivity index (χ1v) is 6.17. The second-order valence-corrected chi connectivity index (χ2v) is 6.03. The average molecular weight is 236 g/mol. The molecule has 3 nitrogen and oxygen atoms in total. The molecule has 1 fully saturated rings. The van der Waals surface area contributed by atoms with E-state index in [1.54, 1.807) is 6.26 Å². The molecule has 1 aromatic heterocycles. The molecule has 2 heterocycles. The zero-order valence-electron chi connectivity index (χ0n) is 11.5. The number of rotatable bonds is 2. The van der Waals surface area contributed by atoms with Crippen molar-refractivity contribution in [1.82, 2.24) is 0 Å². The van der Waals surface area contributed by atoms with Crippen LogP contribution in [-0.4, -0.2) is 18.3 Å². The highest BCUT2D eigenvalue weighted by molar-refractivity contribution is 6.60. The van der Waals surface area contributed by atoms with E-state index in [-0.39, 0.29) is 11.2 Å². The van der Waals surface area contributed by atoms with Crippen LogP contribution >= 0.6 is 0 Å². The lowest BCUT2D eigenvalue weighted by Gasteiger charge is -2.32. The van der Waals surface area contributed by atoms with Crippen LogP contribution in [0.3, 0.4) is 0 Å². The molecule has 0 amide bonds. The molecule has 17 heavy (non-hydrogen) atoms. The topological polar surface area (TPSA) is 31.6 Å². The molecule has 1 aliphatic rings. The second kappa shape index (κ2) is 3.89. The number of hydrogen-bond donors (Lipinski definition) is 0. The van der Waals surface area contributed by atoms with Gasteiger partial charge >= 0.3 is 7.12 Å². The van der Waals surface area contributed by atoms with Gasteiger partial charge in [-0.1, -0.05) is 13.8 Å². The Balaban J connectivity index is 2.20. The van der Waals surface area contributed by atoms with Gasteiger partial charge in [0.15, 0.2) is 0 Å². The molecule has 1 saturated heterocycles. The van der Waals surface area contributed by atoms with Gasteiger partial charge in [-0.15, -0.1) is 0 Å². The molecule has 0 aromatic carbocycles. The highest BCUT2D eigenvalue weighted by atomic mass is 16.7. The molecule has 0 N–H and O–H groups in total. The van der Waals surface area contributed by atoms with Crippen molar-refractivity contribution in [2.24, 2.45) is 0 Å². The maximum absolute atomic E-state index is 5.93. The molecule has 4 heteroatoms. The van der Waals surface area contributed by atoms with E-state index >= 15 is 0 Å². The predicted molar refractivity (Wildman–Crippen MR) is 68.5 cm³/mol. The van der Waals surface area contributed by atoms with Gasteiger partial charge in [0, 0.05) is 0 Å². The summed E-state index contributed by atoms with van der Waals surface area (Å²) in [7, 11) is -0.396. The Hall–Kier alpha value is -0.735. The Morgan fingerprint density at radius 3 is 2.00 bits per heavy atom. The van der Waals surface area contributed by atoms with Gasteiger partial charge < -0.3 is 13.7 Å². The first kappa shape index (κ1) is 12.7. The van der Waals surface area contributed by atoms with Crippen LogP contribution in [0.2, 0.25) is 0 Å². The van der Waals surface area contributed by atoms with Crippen molar-refractivity contribution in [2.45, 2.75) is 58.7 Å². The zero-order chi connectivity index (χ0) is 12.8. The molecule has 1 aliphatic heterocycles. The van der Waals surface area contributed by atoms with Gasteiger partial charge in [0.05, 0.1) is 17.5 Å². The predicted octanol–water partition coefficient (Wildman–Crippen LogP) is 2.70. The number of furan rings is 1. The Kier molecular flexibility index (Phi) is 2.91. The molecule has 0 saturated carbocycles. The van der Waals surface area contributed by atoms with Gasteiger partial charge in [0.1, 0.15) is 5.66 Å². The minimum absolute atomic E-state index is 0.317. The van der Waals surface area contributed by atoms with Crippen LogP contribution in [0.5, 0.6) is 0 Å². The highest BCUT2D eigenvalue weighted by Crippen LogP contribution is 2.36. The SMILES string of the molecule is CC(C)c1coc(B2OC(C)(C)C(C)(C)O2)c1. The minimum atomic E-state index is -0.396. The maximum atomic E-state index is 5.93. The van der Waals surface area contributed by atoms with E-state index < -0.39 is 7.12 Å². The van der Waals surface area contributed by atoms with Gasteiger partial charge in [-0.25, -0.2) is 0 Å². The highest BCUT2D eigenvalue weighted by Gasteiger charge is 2.53. The molecular weight excluding hydrogens is 215 g/mol. The van der Waals surface area contributed by atoms with Crippen LogP contribution in [0.1, 0.15) is 53.0 Å². The summed E-state index contributed by atoms with van der Waals surface area (Å²) in [5, 5.41) is 0. The van der Waals surface area contributed by atoms with Crippen molar-refractivity contribution in [3.63, 3.8) is 0 Å². The Labute approximate surface area is 104 Å². The molecule has 0 spiro atoms. The molecule has 0 atom stereocenters. The van der Waals surface area contributed by atoms with Crippen LogP contribution in [0, 0.1) is 0 Å². The van der Waals surface area contributed by atoms with Crippen LogP contribution in [0.15, 0.2) is 16.7 Å². The van der Waals surface area contributed by atoms with E-state index in [4.69, 9.17) is 13.7 Å². The molecule has 0 bridgehead atoms. The van der Waals surface area contributed by atoms with E-state index in [9.17, 15) is 0 Å². The molecule has 94 valence electrons. The smallest absolute Gasteiger partial charge is 0.473 e. The first-order chi connectivity index (χ1) is 7.73. The third-order valence-corrected chi connectivity index (χ3v) is 3.79. The van der Waals surface area contributed by atoms with Crippen molar-refractivity contribution in [1.29, 1.82) is 0 Å². The molecule has 0 aliphatic carbocycles. The standard InChI is InChI=1S/C13H21BO3/c1-9(2)10-7-11(15-8-10)14-16-12(3,4)13(5,6)17-14/h7-9H,1-6H3. The lowest BCUT2D eigenvalue weighted by molar-refractivity contribution is 0.00578. The summed E-state index contributed by atoms with van der Waals surface area (Å²) in [5.41, 5.74) is 1.30. The zero-order valence-corrected chi connectivity index (χ0v) is 11.5. The number of hydrogen-bond acceptors (Lipinski definition) is 3. The molecule has 2 rings (SSSR count). The normalized spacial score (nSPS) is 22.4. The van der Waals surface area contributed by atoms with E-state index in [0.29, 0.717) is 5.92 Å². The fourth-order valence-corrected chi connectivity index (χ4v) is 1.75. The summed E-state index contributed by atoms with van der Waals surface area (Å²) in [6.07, 6.45) is 1.78. The van der Waals surface area contributed by atoms with Crippen LogP contribution in [-0.2, 0) is 9.31 Å². The third kappa shape index (κ3) is 2.16. The van der Waals surface area contributed by atoms with Crippen molar-refractivity contribution in [2.75, 3.05) is 0 Å². The van der Waals surface area contributed by atoms with Gasteiger partial charge in [-0.3, -0.25) is 0 Å². The second-order valence-electron chi connectivity index (χ2n) is 6.03. The molecule has 0 unspecified atom stereocenters. The molecule has 1 aromatic rings. The van der Waals surface area contributed by atoms with E-state index in [2.05, 4.69) is 13.8 Å². The fourth-order valence-electron chi connectivity index (χ4n) is 1.75. The van der Waals surface area contributed by atoms with Crippen molar-refractivity contribution in [3.05, 3.63) is 17.9 Å². The quantitative estimate of drug-likeness (QED) is 0.740. The average Bonchev–Trinajstić information content (AvgIpc) is 2.70. The molecule has 0 radical (unpaired) electrons. The third-order valence-electron chi connectivity index (χ3n) is 3.79. The Morgan fingerprint density at radius 1 is 1.06 bits per heavy atom. The Morgan fingerprint density at radius 2 is 1.59 bits per heavy atom. The maximum Gasteiger partial charge on any atom is 0.532 e. The van der Waals surface area contributed by atoms with Crippen molar-refractivity contribution < 1.29 is 13.7 Å². The summed E-state index contributed by atoms with van der Waals surface area (Å²) in [4.78, 5) is 0. The Bertz CT molecular complexity index is 391.